The van der Waals surface area contributed by atoms with Crippen LogP contribution in [0.25, 0.3) is 0 Å². The van der Waals surface area contributed by atoms with Gasteiger partial charge >= 0.3 is 28.3 Å². The van der Waals surface area contributed by atoms with Crippen LogP contribution in [0.15, 0.2) is 0 Å². The fourth-order valence-electron chi connectivity index (χ4n) is 0. The van der Waals surface area contributed by atoms with E-state index in [0.29, 0.717) is 0 Å². The van der Waals surface area contributed by atoms with Gasteiger partial charge in [-0.05, 0) is 0 Å². The van der Waals surface area contributed by atoms with Gasteiger partial charge in [0.15, 0.2) is 5.97 Å². The molecule has 0 aliphatic carbocycles. The first kappa shape index (κ1) is 36.3. The number of carboxylic acids is 6. The Kier molecular flexibility index (Phi) is 34.2. The van der Waals surface area contributed by atoms with Crippen molar-refractivity contribution < 1.29 is 87.3 Å². The van der Waals surface area contributed by atoms with Crippen LogP contribution in [-0.2, 0) is 51.1 Å². The summed E-state index contributed by atoms with van der Waals surface area (Å²) >= 11 is 0. The van der Waals surface area contributed by atoms with Gasteiger partial charge in [-0.15, -0.1) is 0 Å². The molecule has 0 aromatic heterocycles. The Labute approximate surface area is 130 Å². The fourth-order valence-corrected chi connectivity index (χ4v) is 0. The normalized spacial score (nSPS) is 6.29. The van der Waals surface area contributed by atoms with Gasteiger partial charge in [-0.1, -0.05) is 0 Å². The van der Waals surface area contributed by atoms with Crippen molar-refractivity contribution >= 4 is 35.8 Å². The number of hydrogen-bond acceptors (Lipinski definition) is 12. The summed E-state index contributed by atoms with van der Waals surface area (Å²) in [7, 11) is 0. The third kappa shape index (κ3) is 46.6. The van der Waals surface area contributed by atoms with Crippen molar-refractivity contribution in [3.8, 4) is 0 Å². The second kappa shape index (κ2) is 19.8. The topological polar surface area (TPSA) is 304 Å². The molecule has 0 aromatic carbocycles. The zero-order valence-corrected chi connectivity index (χ0v) is 11.8. The molecule has 14 nitrogen and oxygen atoms in total. The van der Waals surface area contributed by atoms with E-state index in [2.05, 4.69) is 0 Å². The van der Waals surface area contributed by atoms with Gasteiger partial charge in [0.2, 0.25) is 0 Å². The molecule has 0 heterocycles. The van der Waals surface area contributed by atoms with Crippen molar-refractivity contribution in [3.63, 3.8) is 0 Å². The third-order valence-corrected chi connectivity index (χ3v) is 0.508. The summed E-state index contributed by atoms with van der Waals surface area (Å²) in [6.45, 7) is 0. The summed E-state index contributed by atoms with van der Waals surface area (Å²) in [6.07, 6.45) is 0. The molecule has 0 saturated carbocycles. The van der Waals surface area contributed by atoms with Gasteiger partial charge in [0.05, 0.1) is 23.9 Å². The van der Waals surface area contributed by atoms with Gasteiger partial charge < -0.3 is 66.2 Å². The van der Waals surface area contributed by atoms with Gasteiger partial charge in [0, 0.05) is 0 Å². The first-order valence-electron chi connectivity index (χ1n) is 3.22. The minimum atomic E-state index is -2.19. The molecule has 0 aliphatic rings. The predicted molar refractivity (Wildman–Crippen MR) is 41.3 cm³/mol. The first-order valence-corrected chi connectivity index (χ1v) is 3.22. The maximum Gasteiger partial charge on any atom is 5.00 e. The molecule has 0 aromatic rings. The van der Waals surface area contributed by atoms with E-state index in [9.17, 15) is 0 Å². The molecular weight excluding hydrogens is 387 g/mol. The van der Waals surface area contributed by atoms with Crippen LogP contribution in [0.1, 0.15) is 0 Å². The van der Waals surface area contributed by atoms with Crippen molar-refractivity contribution in [3.05, 3.63) is 0 Å². The minimum Gasteiger partial charge on any atom is -0.543 e. The molecule has 0 fully saturated rings. The van der Waals surface area contributed by atoms with E-state index in [0.717, 1.165) is 0 Å². The summed E-state index contributed by atoms with van der Waals surface area (Å²) in [6, 6.07) is 0. The smallest absolute Gasteiger partial charge is 0.543 e. The number of carboxylic acid groups (broad SMARTS) is 6. The van der Waals surface area contributed by atoms with E-state index in [1.54, 1.807) is 0 Å². The molecule has 6 N–H and O–H groups in total. The van der Waals surface area contributed by atoms with E-state index < -0.39 is 35.8 Å². The molecule has 21 heavy (non-hydrogen) atoms. The fraction of sp³-hybridized carbons (Fsp3) is 0. The zero-order chi connectivity index (χ0) is 15.5. The van der Waals surface area contributed by atoms with Gasteiger partial charge in [-0.3, -0.25) is 0 Å². The maximum atomic E-state index is 9.04. The minimum absolute atomic E-state index is 0. The van der Waals surface area contributed by atoms with Crippen molar-refractivity contribution in [2.45, 2.75) is 0 Å². The number of hydrogen-bond donors (Lipinski definition) is 2. The van der Waals surface area contributed by atoms with Crippen LogP contribution in [-0.4, -0.2) is 46.4 Å². The van der Waals surface area contributed by atoms with Crippen LogP contribution < -0.4 is 31.7 Å². The Morgan fingerprint density at radius 3 is 0.667 bits per heavy atom. The molecule has 118 valence electrons. The Balaban J connectivity index is -0.0000000375. The predicted octanol–water partition coefficient (Wildman–Crippen LogP) is -9.87. The maximum absolute atomic E-state index is 9.04. The number of carbonyl (C=O) groups is 6. The molecule has 0 saturated heterocycles. The van der Waals surface area contributed by atoms with Crippen LogP contribution in [0.5, 0.6) is 0 Å². The van der Waals surface area contributed by atoms with Crippen LogP contribution in [0, 0.1) is 0 Å². The first-order chi connectivity index (χ1) is 7.93. The molecule has 0 radical (unpaired) electrons. The quantitative estimate of drug-likeness (QED) is 0.285. The monoisotopic (exact) mass is 393 g/mol. The number of carbonyl (C=O) groups excluding carboxylic acids is 5. The standard InChI is InChI=1S/3C2H2O4.H3N.Nb.H2O/c3*3-1(4)2(5)6;;;/h3*(H,3,4)(H,5,6);1H3;;1H2/q;;;;+5;/p-5. The van der Waals surface area contributed by atoms with E-state index in [4.69, 9.17) is 59.4 Å². The zero-order valence-electron chi connectivity index (χ0n) is 9.59. The van der Waals surface area contributed by atoms with Gasteiger partial charge in [-0.2, -0.15) is 0 Å². The summed E-state index contributed by atoms with van der Waals surface area (Å²) in [5.41, 5.74) is 0. The Morgan fingerprint density at radius 1 is 0.571 bits per heavy atom. The summed E-state index contributed by atoms with van der Waals surface area (Å²) in [5.74, 6) is -12.7. The molecule has 0 rings (SSSR count). The summed E-state index contributed by atoms with van der Waals surface area (Å²) in [5, 5.41) is 52.0. The van der Waals surface area contributed by atoms with Gasteiger partial charge in [-0.25, -0.2) is 4.79 Å². The second-order valence-corrected chi connectivity index (χ2v) is 1.74. The molecule has 0 atom stereocenters. The van der Waals surface area contributed by atoms with E-state index in [1.165, 1.54) is 0 Å². The number of rotatable bonds is 0. The summed E-state index contributed by atoms with van der Waals surface area (Å²) in [4.78, 5) is 53.7. The Morgan fingerprint density at radius 2 is 0.667 bits per heavy atom. The van der Waals surface area contributed by atoms with Crippen molar-refractivity contribution in [1.29, 1.82) is 0 Å². The number of aliphatic carboxylic acids is 6. The largest absolute Gasteiger partial charge is 5.00 e. The van der Waals surface area contributed by atoms with Crippen LogP contribution in [0.2, 0.25) is 0 Å². The second-order valence-electron chi connectivity index (χ2n) is 1.74. The molecule has 15 heteroatoms. The molecule has 0 bridgehead atoms. The molecular formula is C6H6NNbO13. The Bertz CT molecular complexity index is 284. The van der Waals surface area contributed by atoms with E-state index >= 15 is 0 Å². The van der Waals surface area contributed by atoms with Gasteiger partial charge in [0.25, 0.3) is 0 Å². The van der Waals surface area contributed by atoms with Crippen molar-refractivity contribution in [2.75, 3.05) is 0 Å². The van der Waals surface area contributed by atoms with Crippen molar-refractivity contribution in [2.24, 2.45) is 0 Å². The van der Waals surface area contributed by atoms with Crippen LogP contribution in [0.3, 0.4) is 0 Å². The van der Waals surface area contributed by atoms with Gasteiger partial charge in [0.1, 0.15) is 0 Å². The average Bonchev–Trinajstić information content (AvgIpc) is 2.18. The van der Waals surface area contributed by atoms with E-state index in [1.807, 2.05) is 0 Å². The van der Waals surface area contributed by atoms with Crippen molar-refractivity contribution in [1.82, 2.24) is 6.15 Å². The average molecular weight is 393 g/mol. The molecule has 0 amide bonds. The van der Waals surface area contributed by atoms with Crippen LogP contribution in [0.4, 0.5) is 0 Å². The third-order valence-electron chi connectivity index (χ3n) is 0.508. The van der Waals surface area contributed by atoms with Crippen LogP contribution >= 0.6 is 0 Å². The Hall–Kier alpha value is -2.52. The molecule has 0 aliphatic heterocycles. The molecule has 0 unspecified atom stereocenters. The SMILES string of the molecule is N.O.O=C([O-])C(=O)O.O=C([O-])C(=O)[O-].O=C([O-])C(=O)[O-].[Nb+5]. The summed E-state index contributed by atoms with van der Waals surface area (Å²) < 4.78 is 0. The molecule has 0 spiro atoms. The van der Waals surface area contributed by atoms with E-state index in [-0.39, 0.29) is 34.0 Å².